The Balaban J connectivity index is 1.86. The minimum absolute atomic E-state index is 0.802. The van der Waals surface area contributed by atoms with Gasteiger partial charge in [-0.3, -0.25) is 4.90 Å². The average molecular weight is 217 g/mol. The van der Waals surface area contributed by atoms with Gasteiger partial charge < -0.3 is 0 Å². The molecular formula is C15H23N. The van der Waals surface area contributed by atoms with Crippen LogP contribution in [-0.4, -0.2) is 18.0 Å². The van der Waals surface area contributed by atoms with Gasteiger partial charge in [-0.15, -0.1) is 0 Å². The van der Waals surface area contributed by atoms with E-state index in [-0.39, 0.29) is 0 Å². The lowest BCUT2D eigenvalue weighted by Crippen LogP contribution is -2.34. The zero-order valence-corrected chi connectivity index (χ0v) is 10.5. The molecule has 1 heteroatoms. The van der Waals surface area contributed by atoms with Crippen LogP contribution in [-0.2, 0) is 6.54 Å². The number of nitrogens with zero attached hydrogens (tertiary/aromatic N) is 1. The van der Waals surface area contributed by atoms with Crippen LogP contribution in [0.2, 0.25) is 0 Å². The Morgan fingerprint density at radius 2 is 1.69 bits per heavy atom. The quantitative estimate of drug-likeness (QED) is 0.746. The third-order valence-corrected chi connectivity index (χ3v) is 3.88. The lowest BCUT2D eigenvalue weighted by atomic mass is 9.86. The van der Waals surface area contributed by atoms with Crippen LogP contribution in [0.5, 0.6) is 0 Å². The molecule has 0 saturated heterocycles. The van der Waals surface area contributed by atoms with Crippen molar-refractivity contribution >= 4 is 0 Å². The van der Waals surface area contributed by atoms with E-state index in [4.69, 9.17) is 0 Å². The van der Waals surface area contributed by atoms with Crippen LogP contribution in [0.4, 0.5) is 0 Å². The molecule has 1 aromatic carbocycles. The molecule has 1 saturated carbocycles. The Hall–Kier alpha value is -0.820. The Labute approximate surface area is 99.5 Å². The molecule has 0 amide bonds. The second-order valence-electron chi connectivity index (χ2n) is 5.31. The predicted octanol–water partition coefficient (Wildman–Crippen LogP) is 3.70. The van der Waals surface area contributed by atoms with Gasteiger partial charge in [0.25, 0.3) is 0 Å². The van der Waals surface area contributed by atoms with E-state index in [1.54, 1.807) is 0 Å². The Morgan fingerprint density at radius 3 is 2.31 bits per heavy atom. The Bertz CT molecular complexity index is 298. The van der Waals surface area contributed by atoms with Gasteiger partial charge in [-0.05, 0) is 44.2 Å². The summed E-state index contributed by atoms with van der Waals surface area (Å²) in [6.07, 6.45) is 5.57. The van der Waals surface area contributed by atoms with Gasteiger partial charge in [0.1, 0.15) is 0 Å². The first kappa shape index (κ1) is 11.7. The molecule has 0 spiro atoms. The Morgan fingerprint density at radius 1 is 1.06 bits per heavy atom. The predicted molar refractivity (Wildman–Crippen MR) is 69.3 cm³/mol. The largest absolute Gasteiger partial charge is 0.299 e. The molecule has 0 bridgehead atoms. The van der Waals surface area contributed by atoms with E-state index >= 15 is 0 Å². The van der Waals surface area contributed by atoms with Crippen molar-refractivity contribution in [2.75, 3.05) is 7.05 Å². The van der Waals surface area contributed by atoms with Crippen LogP contribution in [0.1, 0.15) is 38.2 Å². The second kappa shape index (κ2) is 5.49. The molecule has 0 unspecified atom stereocenters. The van der Waals surface area contributed by atoms with Crippen molar-refractivity contribution in [3.63, 3.8) is 0 Å². The maximum absolute atomic E-state index is 2.53. The zero-order chi connectivity index (χ0) is 11.4. The molecule has 16 heavy (non-hydrogen) atoms. The molecule has 2 rings (SSSR count). The number of hydrogen-bond acceptors (Lipinski definition) is 1. The van der Waals surface area contributed by atoms with Gasteiger partial charge in [-0.25, -0.2) is 0 Å². The van der Waals surface area contributed by atoms with Gasteiger partial charge in [0.05, 0.1) is 0 Å². The van der Waals surface area contributed by atoms with Gasteiger partial charge in [0.2, 0.25) is 0 Å². The van der Waals surface area contributed by atoms with Crippen LogP contribution in [0.25, 0.3) is 0 Å². The molecule has 0 aliphatic heterocycles. The van der Waals surface area contributed by atoms with E-state index in [1.807, 2.05) is 0 Å². The van der Waals surface area contributed by atoms with Crippen molar-refractivity contribution in [1.29, 1.82) is 0 Å². The summed E-state index contributed by atoms with van der Waals surface area (Å²) in [6.45, 7) is 3.48. The molecule has 1 aliphatic rings. The first-order valence-corrected chi connectivity index (χ1v) is 6.50. The molecule has 0 atom stereocenters. The van der Waals surface area contributed by atoms with E-state index in [0.29, 0.717) is 0 Å². The lowest BCUT2D eigenvalue weighted by Gasteiger charge is -2.33. The summed E-state index contributed by atoms with van der Waals surface area (Å²) in [7, 11) is 2.27. The highest BCUT2D eigenvalue weighted by molar-refractivity contribution is 5.14. The molecule has 88 valence electrons. The van der Waals surface area contributed by atoms with E-state index in [0.717, 1.165) is 18.5 Å². The van der Waals surface area contributed by atoms with E-state index in [2.05, 4.69) is 49.2 Å². The van der Waals surface area contributed by atoms with Crippen molar-refractivity contribution in [2.24, 2.45) is 5.92 Å². The molecule has 1 nitrogen and oxygen atoms in total. The fourth-order valence-electron chi connectivity index (χ4n) is 2.68. The first-order chi connectivity index (χ1) is 7.75. The fraction of sp³-hybridized carbons (Fsp3) is 0.600. The monoisotopic (exact) mass is 217 g/mol. The van der Waals surface area contributed by atoms with Gasteiger partial charge in [0.15, 0.2) is 0 Å². The zero-order valence-electron chi connectivity index (χ0n) is 10.5. The fourth-order valence-corrected chi connectivity index (χ4v) is 2.68. The summed E-state index contributed by atoms with van der Waals surface area (Å²) < 4.78 is 0. The third-order valence-electron chi connectivity index (χ3n) is 3.88. The van der Waals surface area contributed by atoms with Crippen LogP contribution in [0.15, 0.2) is 30.3 Å². The summed E-state index contributed by atoms with van der Waals surface area (Å²) >= 11 is 0. The van der Waals surface area contributed by atoms with Crippen molar-refractivity contribution < 1.29 is 0 Å². The smallest absolute Gasteiger partial charge is 0.0233 e. The van der Waals surface area contributed by atoms with E-state index in [9.17, 15) is 0 Å². The molecule has 0 aromatic heterocycles. The van der Waals surface area contributed by atoms with Gasteiger partial charge in [-0.2, -0.15) is 0 Å². The molecule has 1 fully saturated rings. The standard InChI is InChI=1S/C15H23N/c1-13-8-10-15(11-9-13)16(2)12-14-6-4-3-5-7-14/h3-7,13,15H,8-12H2,1-2H3. The van der Waals surface area contributed by atoms with Crippen LogP contribution in [0.3, 0.4) is 0 Å². The van der Waals surface area contributed by atoms with Crippen molar-refractivity contribution in [2.45, 2.75) is 45.2 Å². The molecule has 1 aromatic rings. The lowest BCUT2D eigenvalue weighted by molar-refractivity contribution is 0.164. The second-order valence-corrected chi connectivity index (χ2v) is 5.31. The normalized spacial score (nSPS) is 25.9. The average Bonchev–Trinajstić information content (AvgIpc) is 2.31. The molecular weight excluding hydrogens is 194 g/mol. The summed E-state index contributed by atoms with van der Waals surface area (Å²) in [6, 6.07) is 11.6. The third kappa shape index (κ3) is 3.08. The van der Waals surface area contributed by atoms with Crippen molar-refractivity contribution in [1.82, 2.24) is 4.90 Å². The van der Waals surface area contributed by atoms with Gasteiger partial charge in [-0.1, -0.05) is 37.3 Å². The molecule has 0 heterocycles. The molecule has 1 aliphatic carbocycles. The highest BCUT2D eigenvalue weighted by atomic mass is 15.1. The van der Waals surface area contributed by atoms with Crippen LogP contribution >= 0.6 is 0 Å². The SMILES string of the molecule is CC1CCC(N(C)Cc2ccccc2)CC1. The Kier molecular flexibility index (Phi) is 4.00. The maximum Gasteiger partial charge on any atom is 0.0233 e. The summed E-state index contributed by atoms with van der Waals surface area (Å²) in [5.41, 5.74) is 1.43. The molecule has 0 radical (unpaired) electrons. The summed E-state index contributed by atoms with van der Waals surface area (Å²) in [5, 5.41) is 0. The van der Waals surface area contributed by atoms with Gasteiger partial charge in [0, 0.05) is 12.6 Å². The van der Waals surface area contributed by atoms with Crippen molar-refractivity contribution in [3.8, 4) is 0 Å². The van der Waals surface area contributed by atoms with Crippen LogP contribution < -0.4 is 0 Å². The number of benzene rings is 1. The summed E-state index contributed by atoms with van der Waals surface area (Å²) in [5.74, 6) is 0.946. The van der Waals surface area contributed by atoms with Crippen molar-refractivity contribution in [3.05, 3.63) is 35.9 Å². The highest BCUT2D eigenvalue weighted by Crippen LogP contribution is 2.27. The summed E-state index contributed by atoms with van der Waals surface area (Å²) in [4.78, 5) is 2.53. The minimum Gasteiger partial charge on any atom is -0.299 e. The number of hydrogen-bond donors (Lipinski definition) is 0. The number of rotatable bonds is 3. The minimum atomic E-state index is 0.802. The maximum atomic E-state index is 2.53. The highest BCUT2D eigenvalue weighted by Gasteiger charge is 2.21. The van der Waals surface area contributed by atoms with Crippen LogP contribution in [0, 0.1) is 5.92 Å². The van der Waals surface area contributed by atoms with E-state index in [1.165, 1.54) is 31.2 Å². The first-order valence-electron chi connectivity index (χ1n) is 6.50. The van der Waals surface area contributed by atoms with E-state index < -0.39 is 0 Å². The topological polar surface area (TPSA) is 3.24 Å². The van der Waals surface area contributed by atoms with Gasteiger partial charge >= 0.3 is 0 Å². The molecule has 0 N–H and O–H groups in total.